The summed E-state index contributed by atoms with van der Waals surface area (Å²) < 4.78 is 0.550. The maximum atomic E-state index is 11.3. The summed E-state index contributed by atoms with van der Waals surface area (Å²) in [6, 6.07) is 0. The van der Waals surface area contributed by atoms with E-state index in [4.69, 9.17) is 225 Å². The highest BCUT2D eigenvalue weighted by molar-refractivity contribution is 6.67. The van der Waals surface area contributed by atoms with Crippen LogP contribution in [0.5, 0.6) is 0 Å². The number of aldehydes is 1. The first kappa shape index (κ1) is 43.3. The molecule has 21 heteroatoms. The van der Waals surface area contributed by atoms with Gasteiger partial charge in [-0.3, -0.25) is 0 Å². The first-order valence-corrected chi connectivity index (χ1v) is 24.6. The van der Waals surface area contributed by atoms with Crippen LogP contribution in [0.25, 0.3) is 0 Å². The highest BCUT2D eigenvalue weighted by atomic mass is 35.5. The van der Waals surface area contributed by atoms with Gasteiger partial charge in [0.25, 0.3) is 0 Å². The SMILES string of the molecule is ClC1=C(Cl)C2(Cl)C3C(Cl)C=CC3C1(Cl)C2(Cl)Cl.ClC1=C(Cl)C2(Cl)C3C4CC(C5OC45)C3C1(Cl)C2(Cl)Cl.O=CC1CC2C3C1CC(Cl)(Cl)C3(Cl)C1(Cl)C2C1(Cl)Cl. The van der Waals surface area contributed by atoms with E-state index in [-0.39, 0.29) is 80.9 Å². The number of allylic oxidation sites excluding steroid dienone is 6. The van der Waals surface area contributed by atoms with Crippen molar-refractivity contribution in [3.05, 3.63) is 32.3 Å². The monoisotopic (exact) mass is 1130 g/mol. The van der Waals surface area contributed by atoms with Crippen molar-refractivity contribution in [3.63, 3.8) is 0 Å². The second-order valence-corrected chi connectivity index (χ2v) is 28.3. The molecule has 20 unspecified atom stereocenters. The minimum absolute atomic E-state index is 0.0208. The third-order valence-corrected chi connectivity index (χ3v) is 28.8. The Morgan fingerprint density at radius 3 is 1.55 bits per heavy atom. The number of fused-ring (bicyclic) bond motifs is 20. The quantitative estimate of drug-likeness (QED) is 0.0861. The van der Waals surface area contributed by atoms with E-state index in [1.54, 1.807) is 0 Å². The Morgan fingerprint density at radius 1 is 0.564 bits per heavy atom. The van der Waals surface area contributed by atoms with Crippen molar-refractivity contribution in [1.82, 2.24) is 0 Å². The number of alkyl halides is 15. The van der Waals surface area contributed by atoms with E-state index < -0.39 is 46.6 Å². The lowest BCUT2D eigenvalue weighted by atomic mass is 9.73. The fourth-order valence-corrected chi connectivity index (χ4v) is 23.9. The Hall–Kier alpha value is 4.36. The number of epoxide rings is 1. The standard InChI is InChI=1S/C12H8Cl6O.C12H10Cl6O.C10H5Cl7/c13-8-9(14)11(16)5-3-1-2(6-7(3)19-6)4(5)10(8,15)12(11,17)18;13-9(14)2-6-4(3-19)1-5-7(6)10(9,15)11(16)8(5)12(11,17)18;11-4-2-1-3-5(4)9(15)7(13)6(12)8(3,14)10(9,16)17/h2-7H,1H2;3-8H,1-2H2;1-5H. The molecule has 0 amide bonds. The summed E-state index contributed by atoms with van der Waals surface area (Å²) >= 11 is 123. The van der Waals surface area contributed by atoms with Gasteiger partial charge in [0, 0.05) is 23.7 Å². The molecule has 11 aliphatic carbocycles. The highest BCUT2D eigenvalue weighted by Gasteiger charge is 2.97. The van der Waals surface area contributed by atoms with Crippen molar-refractivity contribution >= 4 is 227 Å². The number of halogens is 19. The van der Waals surface area contributed by atoms with Gasteiger partial charge in [0.2, 0.25) is 0 Å². The molecule has 0 N–H and O–H groups in total. The molecule has 12 rings (SSSR count). The third kappa shape index (κ3) is 4.23. The van der Waals surface area contributed by atoms with Gasteiger partial charge < -0.3 is 9.53 Å². The van der Waals surface area contributed by atoms with Crippen molar-refractivity contribution in [2.24, 2.45) is 65.1 Å². The Bertz CT molecular complexity index is 1910. The number of hydrogen-bond donors (Lipinski definition) is 0. The van der Waals surface area contributed by atoms with Gasteiger partial charge in [-0.2, -0.15) is 0 Å². The summed E-state index contributed by atoms with van der Waals surface area (Å²) in [7, 11) is 0. The first-order chi connectivity index (χ1) is 25.1. The summed E-state index contributed by atoms with van der Waals surface area (Å²) in [6.45, 7) is 0. The molecule has 12 aliphatic rings. The number of carbonyl (C=O) groups excluding carboxylic acids is 1. The highest BCUT2D eigenvalue weighted by Crippen LogP contribution is 2.90. The van der Waals surface area contributed by atoms with Crippen LogP contribution in [-0.4, -0.2) is 70.4 Å². The Morgan fingerprint density at radius 2 is 1.04 bits per heavy atom. The maximum Gasteiger partial charge on any atom is 0.167 e. The zero-order chi connectivity index (χ0) is 40.3. The molecule has 1 saturated heterocycles. The van der Waals surface area contributed by atoms with E-state index in [9.17, 15) is 4.79 Å². The first-order valence-electron chi connectivity index (χ1n) is 17.3. The molecule has 304 valence electrons. The molecule has 2 nitrogen and oxygen atoms in total. The van der Waals surface area contributed by atoms with Crippen LogP contribution in [0.15, 0.2) is 32.3 Å². The van der Waals surface area contributed by atoms with E-state index in [0.717, 1.165) is 19.1 Å². The molecule has 0 aromatic rings. The average molecular weight is 1140 g/mol. The Balaban J connectivity index is 0.000000102. The van der Waals surface area contributed by atoms with Crippen LogP contribution in [0.1, 0.15) is 19.3 Å². The molecule has 0 radical (unpaired) electrons. The van der Waals surface area contributed by atoms with Gasteiger partial charge in [-0.1, -0.05) is 151 Å². The lowest BCUT2D eigenvalue weighted by Gasteiger charge is -2.39. The van der Waals surface area contributed by atoms with Gasteiger partial charge in [0.15, 0.2) is 8.67 Å². The summed E-state index contributed by atoms with van der Waals surface area (Å²) in [4.78, 5) is 4.60. The van der Waals surface area contributed by atoms with E-state index >= 15 is 0 Å². The minimum Gasteiger partial charge on any atom is -0.369 e. The van der Waals surface area contributed by atoms with Gasteiger partial charge in [-0.05, 0) is 60.7 Å². The van der Waals surface area contributed by atoms with Crippen LogP contribution in [0.3, 0.4) is 0 Å². The minimum atomic E-state index is -1.48. The van der Waals surface area contributed by atoms with Crippen LogP contribution < -0.4 is 0 Å². The molecule has 1 aliphatic heterocycles. The van der Waals surface area contributed by atoms with E-state index in [2.05, 4.69) is 0 Å². The Labute approximate surface area is 412 Å². The molecule has 6 bridgehead atoms. The smallest absolute Gasteiger partial charge is 0.167 e. The fourth-order valence-electron chi connectivity index (χ4n) is 13.6. The van der Waals surface area contributed by atoms with Gasteiger partial charge in [-0.15, -0.1) is 81.2 Å². The molecule has 0 aromatic carbocycles. The van der Waals surface area contributed by atoms with Crippen LogP contribution in [0.2, 0.25) is 0 Å². The van der Waals surface area contributed by atoms with Crippen LogP contribution >= 0.6 is 220 Å². The molecular weight excluding hydrogens is 1110 g/mol. The van der Waals surface area contributed by atoms with Gasteiger partial charge in [0.1, 0.15) is 44.2 Å². The molecule has 0 aromatic heterocycles. The van der Waals surface area contributed by atoms with Crippen molar-refractivity contribution in [2.75, 3.05) is 0 Å². The van der Waals surface area contributed by atoms with Gasteiger partial charge in [-0.25, -0.2) is 0 Å². The van der Waals surface area contributed by atoms with Gasteiger partial charge in [0.05, 0.1) is 37.7 Å². The number of ether oxygens (including phenoxy) is 1. The summed E-state index contributed by atoms with van der Waals surface area (Å²) in [5.41, 5.74) is 0. The van der Waals surface area contributed by atoms with Crippen molar-refractivity contribution in [1.29, 1.82) is 0 Å². The van der Waals surface area contributed by atoms with E-state index in [0.29, 0.717) is 28.3 Å². The van der Waals surface area contributed by atoms with Crippen molar-refractivity contribution < 1.29 is 9.53 Å². The van der Waals surface area contributed by atoms with Crippen LogP contribution in [0.4, 0.5) is 0 Å². The molecule has 8 saturated carbocycles. The molecular formula is C34H23Cl19O2. The largest absolute Gasteiger partial charge is 0.369 e. The molecule has 55 heavy (non-hydrogen) atoms. The zero-order valence-electron chi connectivity index (χ0n) is 26.9. The molecule has 9 fully saturated rings. The van der Waals surface area contributed by atoms with E-state index in [1.165, 1.54) is 0 Å². The third-order valence-electron chi connectivity index (χ3n) is 15.7. The van der Waals surface area contributed by atoms with Crippen LogP contribution in [-0.2, 0) is 9.53 Å². The molecule has 1 heterocycles. The molecule has 0 spiro atoms. The average Bonchev–Trinajstić information content (AvgIpc) is 3.39. The zero-order valence-corrected chi connectivity index (χ0v) is 41.3. The summed E-state index contributed by atoms with van der Waals surface area (Å²) in [6.07, 6.45) is 7.51. The second kappa shape index (κ2) is 12.2. The second-order valence-electron chi connectivity index (χ2n) is 17.1. The van der Waals surface area contributed by atoms with Crippen molar-refractivity contribution in [3.8, 4) is 0 Å². The summed E-state index contributed by atoms with van der Waals surface area (Å²) in [5, 5.41) is 0.756. The maximum absolute atomic E-state index is 11.3. The topological polar surface area (TPSA) is 29.6 Å². The Kier molecular flexibility index (Phi) is 9.61. The predicted molar refractivity (Wildman–Crippen MR) is 232 cm³/mol. The molecule has 20 atom stereocenters. The summed E-state index contributed by atoms with van der Waals surface area (Å²) in [5.74, 6) is 0.329. The fraction of sp³-hybridized carbons (Fsp3) is 0.794. The van der Waals surface area contributed by atoms with Gasteiger partial charge >= 0.3 is 0 Å². The number of rotatable bonds is 1. The normalized spacial score (nSPS) is 61.6. The van der Waals surface area contributed by atoms with E-state index in [1.807, 2.05) is 12.2 Å². The predicted octanol–water partition coefficient (Wildman–Crippen LogP) is 14.1. The lowest BCUT2D eigenvalue weighted by Crippen LogP contribution is -2.51. The van der Waals surface area contributed by atoms with Crippen LogP contribution in [0, 0.1) is 65.1 Å². The number of carbonyl (C=O) groups is 1. The number of hydrogen-bond acceptors (Lipinski definition) is 2. The van der Waals surface area contributed by atoms with Crippen molar-refractivity contribution in [2.45, 2.75) is 83.4 Å². The lowest BCUT2D eigenvalue weighted by molar-refractivity contribution is -0.112.